The van der Waals surface area contributed by atoms with Crippen LogP contribution >= 0.6 is 12.2 Å². The molecular weight excluding hydrogens is 334 g/mol. The fourth-order valence-electron chi connectivity index (χ4n) is 2.32. The Hall–Kier alpha value is -2.73. The van der Waals surface area contributed by atoms with Gasteiger partial charge in [0.1, 0.15) is 0 Å². The monoisotopic (exact) mass is 355 g/mol. The smallest absolute Gasteiger partial charge is 0.251 e. The van der Waals surface area contributed by atoms with Gasteiger partial charge < -0.3 is 16.0 Å². The molecule has 0 aliphatic rings. The van der Waals surface area contributed by atoms with Gasteiger partial charge in [0.15, 0.2) is 5.11 Å². The molecular formula is C19H21N3O2S. The summed E-state index contributed by atoms with van der Waals surface area (Å²) in [5.41, 5.74) is 3.19. The van der Waals surface area contributed by atoms with Crippen molar-refractivity contribution in [2.75, 3.05) is 11.9 Å². The maximum atomic E-state index is 12.1. The number of amides is 2. The van der Waals surface area contributed by atoms with Gasteiger partial charge in [-0.3, -0.25) is 9.59 Å². The zero-order chi connectivity index (χ0) is 18.2. The lowest BCUT2D eigenvalue weighted by Crippen LogP contribution is -2.35. The summed E-state index contributed by atoms with van der Waals surface area (Å²) in [5.74, 6) is -0.340. The van der Waals surface area contributed by atoms with Gasteiger partial charge in [-0.05, 0) is 55.4 Å². The van der Waals surface area contributed by atoms with Crippen molar-refractivity contribution in [3.8, 4) is 0 Å². The lowest BCUT2D eigenvalue weighted by Gasteiger charge is -2.11. The van der Waals surface area contributed by atoms with Crippen molar-refractivity contribution >= 4 is 34.8 Å². The molecule has 25 heavy (non-hydrogen) atoms. The molecule has 2 aromatic rings. The summed E-state index contributed by atoms with van der Waals surface area (Å²) in [4.78, 5) is 24.0. The summed E-state index contributed by atoms with van der Waals surface area (Å²) in [6.07, 6.45) is 0.257. The maximum absolute atomic E-state index is 12.1. The van der Waals surface area contributed by atoms with E-state index in [2.05, 4.69) is 16.0 Å². The average Bonchev–Trinajstić information content (AvgIpc) is 2.57. The van der Waals surface area contributed by atoms with E-state index in [4.69, 9.17) is 12.2 Å². The van der Waals surface area contributed by atoms with Crippen LogP contribution in [0.2, 0.25) is 0 Å². The number of carbonyl (C=O) groups excluding carboxylic acids is 2. The third-order valence-electron chi connectivity index (χ3n) is 3.59. The van der Waals surface area contributed by atoms with Crippen molar-refractivity contribution in [3.05, 3.63) is 65.2 Å². The van der Waals surface area contributed by atoms with Gasteiger partial charge in [0.2, 0.25) is 5.91 Å². The third kappa shape index (κ3) is 5.69. The fourth-order valence-corrected chi connectivity index (χ4v) is 2.55. The molecule has 0 heterocycles. The first-order valence-corrected chi connectivity index (χ1v) is 8.44. The van der Waals surface area contributed by atoms with E-state index in [0.717, 1.165) is 11.1 Å². The molecule has 3 N–H and O–H groups in total. The Bertz CT molecular complexity index is 790. The molecule has 0 atom stereocenters. The number of hydrogen-bond acceptors (Lipinski definition) is 3. The van der Waals surface area contributed by atoms with Crippen molar-refractivity contribution in [3.63, 3.8) is 0 Å². The van der Waals surface area contributed by atoms with Gasteiger partial charge in [0.25, 0.3) is 5.91 Å². The Balaban J connectivity index is 1.94. The molecule has 0 saturated heterocycles. The van der Waals surface area contributed by atoms with Gasteiger partial charge in [-0.2, -0.15) is 0 Å². The lowest BCUT2D eigenvalue weighted by molar-refractivity contribution is -0.119. The summed E-state index contributed by atoms with van der Waals surface area (Å²) < 4.78 is 0. The summed E-state index contributed by atoms with van der Waals surface area (Å²) in [6, 6.07) is 14.7. The van der Waals surface area contributed by atoms with Gasteiger partial charge in [-0.25, -0.2) is 0 Å². The van der Waals surface area contributed by atoms with Crippen LogP contribution in [0.4, 0.5) is 5.69 Å². The largest absolute Gasteiger partial charge is 0.352 e. The van der Waals surface area contributed by atoms with E-state index in [1.807, 2.05) is 38.1 Å². The zero-order valence-electron chi connectivity index (χ0n) is 14.3. The minimum atomic E-state index is -0.188. The van der Waals surface area contributed by atoms with Crippen molar-refractivity contribution < 1.29 is 9.59 Å². The molecule has 0 saturated carbocycles. The highest BCUT2D eigenvalue weighted by atomic mass is 32.1. The summed E-state index contributed by atoms with van der Waals surface area (Å²) >= 11 is 5.18. The molecule has 130 valence electrons. The first kappa shape index (κ1) is 18.6. The van der Waals surface area contributed by atoms with Crippen LogP contribution in [0, 0.1) is 6.92 Å². The molecule has 5 nitrogen and oxygen atoms in total. The van der Waals surface area contributed by atoms with Crippen LogP contribution < -0.4 is 16.0 Å². The quantitative estimate of drug-likeness (QED) is 0.722. The number of carbonyl (C=O) groups is 2. The van der Waals surface area contributed by atoms with E-state index in [1.54, 1.807) is 24.3 Å². The molecule has 2 rings (SSSR count). The van der Waals surface area contributed by atoms with Gasteiger partial charge in [-0.1, -0.05) is 30.3 Å². The van der Waals surface area contributed by atoms with Crippen molar-refractivity contribution in [2.45, 2.75) is 20.3 Å². The van der Waals surface area contributed by atoms with Crippen LogP contribution in [0.3, 0.4) is 0 Å². The second-order valence-electron chi connectivity index (χ2n) is 5.55. The molecule has 6 heteroatoms. The summed E-state index contributed by atoms with van der Waals surface area (Å²) in [6.45, 7) is 4.38. The number of nitrogens with one attached hydrogen (secondary N) is 3. The van der Waals surface area contributed by atoms with Crippen molar-refractivity contribution in [2.24, 2.45) is 0 Å². The highest BCUT2D eigenvalue weighted by Crippen LogP contribution is 2.11. The van der Waals surface area contributed by atoms with Gasteiger partial charge in [0.05, 0.1) is 6.42 Å². The molecule has 2 amide bonds. The van der Waals surface area contributed by atoms with Crippen LogP contribution in [-0.4, -0.2) is 23.5 Å². The summed E-state index contributed by atoms with van der Waals surface area (Å²) in [7, 11) is 0. The van der Waals surface area contributed by atoms with Crippen LogP contribution in [0.1, 0.15) is 28.4 Å². The Morgan fingerprint density at radius 2 is 1.84 bits per heavy atom. The number of thiocarbonyl (C=S) groups is 1. The number of rotatable bonds is 5. The fraction of sp³-hybridized carbons (Fsp3) is 0.211. The molecule has 0 unspecified atom stereocenters. The standard InChI is InChI=1S/C19H21N3O2S/c1-3-20-18(24)15-9-6-10-16(11-15)21-19(25)22-17(23)12-14-8-5-4-7-13(14)2/h4-11H,3,12H2,1-2H3,(H,20,24)(H2,21,22,23,25). The van der Waals surface area contributed by atoms with Gasteiger partial charge in [-0.15, -0.1) is 0 Å². The Labute approximate surface area is 152 Å². The van der Waals surface area contributed by atoms with E-state index in [-0.39, 0.29) is 23.3 Å². The Morgan fingerprint density at radius 1 is 1.08 bits per heavy atom. The number of anilines is 1. The minimum Gasteiger partial charge on any atom is -0.352 e. The molecule has 0 radical (unpaired) electrons. The molecule has 0 spiro atoms. The lowest BCUT2D eigenvalue weighted by atomic mass is 10.1. The third-order valence-corrected chi connectivity index (χ3v) is 3.79. The molecule has 0 aromatic heterocycles. The predicted octanol–water partition coefficient (Wildman–Crippen LogP) is 2.80. The zero-order valence-corrected chi connectivity index (χ0v) is 15.1. The summed E-state index contributed by atoms with van der Waals surface area (Å²) in [5, 5.41) is 8.53. The second-order valence-corrected chi connectivity index (χ2v) is 5.95. The van der Waals surface area contributed by atoms with E-state index in [0.29, 0.717) is 17.8 Å². The molecule has 0 aliphatic heterocycles. The van der Waals surface area contributed by atoms with E-state index < -0.39 is 0 Å². The van der Waals surface area contributed by atoms with E-state index in [1.165, 1.54) is 0 Å². The average molecular weight is 355 g/mol. The number of aryl methyl sites for hydroxylation is 1. The van der Waals surface area contributed by atoms with E-state index >= 15 is 0 Å². The number of hydrogen-bond donors (Lipinski definition) is 3. The molecule has 2 aromatic carbocycles. The molecule has 0 fully saturated rings. The van der Waals surface area contributed by atoms with Crippen molar-refractivity contribution in [1.82, 2.24) is 10.6 Å². The van der Waals surface area contributed by atoms with Gasteiger partial charge in [0, 0.05) is 17.8 Å². The van der Waals surface area contributed by atoms with Gasteiger partial charge >= 0.3 is 0 Å². The Kier molecular flexibility index (Phi) is 6.65. The maximum Gasteiger partial charge on any atom is 0.251 e. The van der Waals surface area contributed by atoms with Crippen molar-refractivity contribution in [1.29, 1.82) is 0 Å². The van der Waals surface area contributed by atoms with Crippen LogP contribution in [-0.2, 0) is 11.2 Å². The normalized spacial score (nSPS) is 10.0. The topological polar surface area (TPSA) is 70.2 Å². The molecule has 0 aliphatic carbocycles. The highest BCUT2D eigenvalue weighted by Gasteiger charge is 2.09. The first-order valence-electron chi connectivity index (χ1n) is 8.03. The minimum absolute atomic E-state index is 0.152. The first-order chi connectivity index (χ1) is 12.0. The number of benzene rings is 2. The highest BCUT2D eigenvalue weighted by molar-refractivity contribution is 7.80. The van der Waals surface area contributed by atoms with Crippen LogP contribution in [0.15, 0.2) is 48.5 Å². The van der Waals surface area contributed by atoms with Crippen LogP contribution in [0.25, 0.3) is 0 Å². The molecule has 0 bridgehead atoms. The Morgan fingerprint density at radius 3 is 2.56 bits per heavy atom. The predicted molar refractivity (Wildman–Crippen MR) is 104 cm³/mol. The van der Waals surface area contributed by atoms with E-state index in [9.17, 15) is 9.59 Å². The van der Waals surface area contributed by atoms with Crippen LogP contribution in [0.5, 0.6) is 0 Å². The second kappa shape index (κ2) is 8.94. The SMILES string of the molecule is CCNC(=O)c1cccc(NC(=S)NC(=O)Cc2ccccc2C)c1.